The molecular weight excluding hydrogens is 376 g/mol. The van der Waals surface area contributed by atoms with Crippen molar-refractivity contribution in [2.24, 2.45) is 0 Å². The third kappa shape index (κ3) is 4.55. The maximum Gasteiger partial charge on any atom is 0.315 e. The van der Waals surface area contributed by atoms with E-state index in [9.17, 15) is 18.4 Å². The van der Waals surface area contributed by atoms with Crippen LogP contribution in [-0.4, -0.2) is 42.0 Å². The third-order valence-corrected chi connectivity index (χ3v) is 5.61. The topological polar surface area (TPSA) is 61.4 Å². The van der Waals surface area contributed by atoms with Crippen LogP contribution in [0.2, 0.25) is 0 Å². The molecule has 0 spiro atoms. The minimum atomic E-state index is -0.519. The van der Waals surface area contributed by atoms with Crippen LogP contribution in [0.25, 0.3) is 0 Å². The predicted octanol–water partition coefficient (Wildman–Crippen LogP) is 3.42. The molecule has 29 heavy (non-hydrogen) atoms. The van der Waals surface area contributed by atoms with Crippen LogP contribution in [0.3, 0.4) is 0 Å². The molecule has 1 heterocycles. The molecule has 0 bridgehead atoms. The number of hydrogen-bond acceptors (Lipinski definition) is 2. The van der Waals surface area contributed by atoms with Crippen molar-refractivity contribution in [3.63, 3.8) is 0 Å². The van der Waals surface area contributed by atoms with Gasteiger partial charge in [-0.15, -0.1) is 0 Å². The molecule has 2 aliphatic rings. The Bertz CT molecular complexity index is 912. The standard InChI is InChI=1S/C22H23F2N3O2/c23-15-5-3-4-14(12-15)18-13-20(18)26-22(29)25-16-8-10-27(11-9-16)21(28)17-6-1-2-7-19(17)24/h1-7,12,16,18,20H,8-11,13H2,(H2,25,26,29). The molecule has 1 aliphatic heterocycles. The lowest BCUT2D eigenvalue weighted by Crippen LogP contribution is -2.49. The van der Waals surface area contributed by atoms with Crippen LogP contribution in [0, 0.1) is 11.6 Å². The Morgan fingerprint density at radius 3 is 2.45 bits per heavy atom. The molecule has 4 rings (SSSR count). The van der Waals surface area contributed by atoms with E-state index in [0.717, 1.165) is 12.0 Å². The summed E-state index contributed by atoms with van der Waals surface area (Å²) in [6, 6.07) is 12.2. The van der Waals surface area contributed by atoms with Crippen LogP contribution < -0.4 is 10.6 Å². The van der Waals surface area contributed by atoms with E-state index >= 15 is 0 Å². The lowest BCUT2D eigenvalue weighted by atomic mass is 10.0. The van der Waals surface area contributed by atoms with Gasteiger partial charge in [0.2, 0.25) is 0 Å². The van der Waals surface area contributed by atoms with Crippen LogP contribution in [0.15, 0.2) is 48.5 Å². The summed E-state index contributed by atoms with van der Waals surface area (Å²) in [5.41, 5.74) is 0.976. The Balaban J connectivity index is 1.22. The van der Waals surface area contributed by atoms with Crippen LogP contribution in [0.5, 0.6) is 0 Å². The lowest BCUT2D eigenvalue weighted by Gasteiger charge is -2.32. The molecular formula is C22H23F2N3O2. The molecule has 1 saturated carbocycles. The molecule has 1 saturated heterocycles. The van der Waals surface area contributed by atoms with Gasteiger partial charge in [0.15, 0.2) is 0 Å². The zero-order chi connectivity index (χ0) is 20.4. The fraction of sp³-hybridized carbons (Fsp3) is 0.364. The molecule has 0 aromatic heterocycles. The molecule has 2 aromatic rings. The van der Waals surface area contributed by atoms with E-state index in [-0.39, 0.29) is 41.3 Å². The fourth-order valence-electron chi connectivity index (χ4n) is 3.89. The van der Waals surface area contributed by atoms with Gasteiger partial charge in [0.1, 0.15) is 11.6 Å². The molecule has 2 unspecified atom stereocenters. The van der Waals surface area contributed by atoms with Gasteiger partial charge in [0.25, 0.3) is 5.91 Å². The molecule has 7 heteroatoms. The first-order chi connectivity index (χ1) is 14.0. The zero-order valence-corrected chi connectivity index (χ0v) is 15.9. The van der Waals surface area contributed by atoms with Crippen molar-refractivity contribution in [1.29, 1.82) is 0 Å². The summed E-state index contributed by atoms with van der Waals surface area (Å²) in [5.74, 6) is -0.956. The van der Waals surface area contributed by atoms with Gasteiger partial charge >= 0.3 is 6.03 Å². The third-order valence-electron chi connectivity index (χ3n) is 5.61. The summed E-state index contributed by atoms with van der Waals surface area (Å²) in [7, 11) is 0. The largest absolute Gasteiger partial charge is 0.338 e. The number of likely N-dealkylation sites (tertiary alicyclic amines) is 1. The highest BCUT2D eigenvalue weighted by Crippen LogP contribution is 2.40. The maximum absolute atomic E-state index is 13.8. The van der Waals surface area contributed by atoms with Gasteiger partial charge in [-0.1, -0.05) is 24.3 Å². The van der Waals surface area contributed by atoms with E-state index in [4.69, 9.17) is 0 Å². The van der Waals surface area contributed by atoms with E-state index in [1.807, 2.05) is 6.07 Å². The summed E-state index contributed by atoms with van der Waals surface area (Å²) in [6.45, 7) is 0.931. The van der Waals surface area contributed by atoms with Gasteiger partial charge in [-0.3, -0.25) is 4.79 Å². The Morgan fingerprint density at radius 1 is 0.966 bits per heavy atom. The summed E-state index contributed by atoms with van der Waals surface area (Å²) < 4.78 is 27.1. The number of urea groups is 1. The van der Waals surface area contributed by atoms with E-state index in [0.29, 0.717) is 25.9 Å². The van der Waals surface area contributed by atoms with Crippen LogP contribution in [0.4, 0.5) is 13.6 Å². The summed E-state index contributed by atoms with van der Waals surface area (Å²) >= 11 is 0. The minimum absolute atomic E-state index is 0.0134. The SMILES string of the molecule is O=C(NC1CCN(C(=O)c2ccccc2F)CC1)NC1CC1c1cccc(F)c1. The van der Waals surface area contributed by atoms with Crippen molar-refractivity contribution >= 4 is 11.9 Å². The number of carbonyl (C=O) groups is 2. The second kappa shape index (κ2) is 8.19. The number of rotatable bonds is 4. The fourth-order valence-corrected chi connectivity index (χ4v) is 3.89. The average Bonchev–Trinajstić information content (AvgIpc) is 3.47. The second-order valence-corrected chi connectivity index (χ2v) is 7.67. The van der Waals surface area contributed by atoms with Gasteiger partial charge in [-0.2, -0.15) is 0 Å². The highest BCUT2D eigenvalue weighted by atomic mass is 19.1. The zero-order valence-electron chi connectivity index (χ0n) is 15.9. The summed E-state index contributed by atoms with van der Waals surface area (Å²) in [4.78, 5) is 26.3. The number of hydrogen-bond donors (Lipinski definition) is 2. The number of benzene rings is 2. The molecule has 0 radical (unpaired) electrons. The predicted molar refractivity (Wildman–Crippen MR) is 105 cm³/mol. The minimum Gasteiger partial charge on any atom is -0.338 e. The van der Waals surface area contributed by atoms with Crippen LogP contribution >= 0.6 is 0 Å². The lowest BCUT2D eigenvalue weighted by molar-refractivity contribution is 0.0703. The summed E-state index contributed by atoms with van der Waals surface area (Å²) in [6.07, 6.45) is 2.03. The Morgan fingerprint density at radius 2 is 1.72 bits per heavy atom. The van der Waals surface area contributed by atoms with Gasteiger partial charge in [0, 0.05) is 31.1 Å². The van der Waals surface area contributed by atoms with E-state index < -0.39 is 5.82 Å². The Hall–Kier alpha value is -2.96. The van der Waals surface area contributed by atoms with E-state index in [1.165, 1.54) is 24.3 Å². The first kappa shape index (κ1) is 19.4. The molecule has 152 valence electrons. The summed E-state index contributed by atoms with van der Waals surface area (Å²) in [5, 5.41) is 5.88. The monoisotopic (exact) mass is 399 g/mol. The average molecular weight is 399 g/mol. The van der Waals surface area contributed by atoms with Crippen molar-refractivity contribution in [3.8, 4) is 0 Å². The molecule has 2 aromatic carbocycles. The number of amides is 3. The Kier molecular flexibility index (Phi) is 5.47. The maximum atomic E-state index is 13.8. The second-order valence-electron chi connectivity index (χ2n) is 7.67. The quantitative estimate of drug-likeness (QED) is 0.828. The van der Waals surface area contributed by atoms with Crippen molar-refractivity contribution in [1.82, 2.24) is 15.5 Å². The molecule has 2 N–H and O–H groups in total. The number of nitrogens with zero attached hydrogens (tertiary/aromatic N) is 1. The van der Waals surface area contributed by atoms with Crippen LogP contribution in [0.1, 0.15) is 41.1 Å². The smallest absolute Gasteiger partial charge is 0.315 e. The molecule has 2 atom stereocenters. The molecule has 2 fully saturated rings. The van der Waals surface area contributed by atoms with Crippen molar-refractivity contribution in [2.45, 2.75) is 37.3 Å². The van der Waals surface area contributed by atoms with Crippen molar-refractivity contribution in [2.75, 3.05) is 13.1 Å². The van der Waals surface area contributed by atoms with Gasteiger partial charge < -0.3 is 15.5 Å². The first-order valence-corrected chi connectivity index (χ1v) is 9.87. The number of nitrogens with one attached hydrogen (secondary N) is 2. The molecule has 3 amide bonds. The normalized spacial score (nSPS) is 21.5. The highest BCUT2D eigenvalue weighted by molar-refractivity contribution is 5.94. The molecule has 5 nitrogen and oxygen atoms in total. The molecule has 1 aliphatic carbocycles. The van der Waals surface area contributed by atoms with Gasteiger partial charge in [0.05, 0.1) is 5.56 Å². The van der Waals surface area contributed by atoms with Crippen molar-refractivity contribution in [3.05, 3.63) is 71.3 Å². The number of piperidine rings is 1. The number of carbonyl (C=O) groups excluding carboxylic acids is 2. The Labute approximate surface area is 168 Å². The number of halogens is 2. The van der Waals surface area contributed by atoms with Crippen molar-refractivity contribution < 1.29 is 18.4 Å². The van der Waals surface area contributed by atoms with E-state index in [2.05, 4.69) is 10.6 Å². The first-order valence-electron chi connectivity index (χ1n) is 9.87. The highest BCUT2D eigenvalue weighted by Gasteiger charge is 2.40. The van der Waals surface area contributed by atoms with Gasteiger partial charge in [-0.25, -0.2) is 13.6 Å². The van der Waals surface area contributed by atoms with Crippen LogP contribution in [-0.2, 0) is 0 Å². The van der Waals surface area contributed by atoms with E-state index in [1.54, 1.807) is 23.1 Å². The van der Waals surface area contributed by atoms with Gasteiger partial charge in [-0.05, 0) is 49.1 Å².